The number of aryl methyl sites for hydroxylation is 1. The maximum atomic E-state index is 11.5. The topological polar surface area (TPSA) is 90.4 Å². The van der Waals surface area contributed by atoms with Crippen LogP contribution in [0.4, 0.5) is 11.8 Å². The fourth-order valence-electron chi connectivity index (χ4n) is 7.60. The van der Waals surface area contributed by atoms with Gasteiger partial charge in [0.1, 0.15) is 5.82 Å². The number of fused-ring (bicyclic) bond motifs is 1. The standard InChI is InChI=1S/C36H47N5O2/c1-2-31(27-15-17-28(18-16-27)35(42)43)38-36-39-32-20-19-29(25-11-5-3-6-12-25)23-30(32)34(40-36)37-33(24-41-21-9-10-22-41)26-13-7-4-8-14-26/h3-8,11-14,27-29,31,33H,2,9-10,15-24H2,1H3,(H,42,43)(H2,37,38,39,40)/t27?,28?,29-,31+,33-/m0/s1. The van der Waals surface area contributed by atoms with E-state index in [0.717, 1.165) is 82.5 Å². The first kappa shape index (κ1) is 29.6. The second-order valence-electron chi connectivity index (χ2n) is 12.9. The molecule has 1 aromatic heterocycles. The first-order chi connectivity index (χ1) is 21.1. The highest BCUT2D eigenvalue weighted by Gasteiger charge is 2.32. The van der Waals surface area contributed by atoms with Crippen LogP contribution in [0.15, 0.2) is 60.7 Å². The van der Waals surface area contributed by atoms with Crippen LogP contribution in [0.5, 0.6) is 0 Å². The number of carboxylic acids is 1. The first-order valence-corrected chi connectivity index (χ1v) is 16.5. The molecule has 6 rings (SSSR count). The van der Waals surface area contributed by atoms with Crippen molar-refractivity contribution >= 4 is 17.7 Å². The van der Waals surface area contributed by atoms with Gasteiger partial charge in [-0.05, 0) is 100 Å². The van der Waals surface area contributed by atoms with E-state index in [1.54, 1.807) is 0 Å². The van der Waals surface area contributed by atoms with Crippen LogP contribution in [0.3, 0.4) is 0 Å². The third-order valence-corrected chi connectivity index (χ3v) is 10.1. The van der Waals surface area contributed by atoms with E-state index in [-0.39, 0.29) is 18.0 Å². The van der Waals surface area contributed by atoms with Crippen LogP contribution in [-0.2, 0) is 17.6 Å². The van der Waals surface area contributed by atoms with Crippen molar-refractivity contribution < 1.29 is 9.90 Å². The number of likely N-dealkylation sites (tertiary alicyclic amines) is 1. The number of anilines is 2. The predicted octanol–water partition coefficient (Wildman–Crippen LogP) is 7.08. The molecule has 228 valence electrons. The van der Waals surface area contributed by atoms with E-state index in [0.29, 0.717) is 17.8 Å². The Morgan fingerprint density at radius 1 is 0.930 bits per heavy atom. The molecule has 7 nitrogen and oxygen atoms in total. The summed E-state index contributed by atoms with van der Waals surface area (Å²) in [6.07, 6.45) is 9.83. The number of rotatable bonds is 11. The number of hydrogen-bond donors (Lipinski definition) is 3. The average molecular weight is 582 g/mol. The Hall–Kier alpha value is -3.45. The van der Waals surface area contributed by atoms with E-state index < -0.39 is 5.97 Å². The van der Waals surface area contributed by atoms with Gasteiger partial charge in [0.15, 0.2) is 0 Å². The van der Waals surface area contributed by atoms with Gasteiger partial charge in [0.05, 0.1) is 17.7 Å². The minimum absolute atomic E-state index is 0.136. The van der Waals surface area contributed by atoms with Crippen molar-refractivity contribution in [3.8, 4) is 0 Å². The molecule has 0 radical (unpaired) electrons. The van der Waals surface area contributed by atoms with E-state index in [4.69, 9.17) is 9.97 Å². The highest BCUT2D eigenvalue weighted by atomic mass is 16.4. The molecule has 2 aromatic carbocycles. The summed E-state index contributed by atoms with van der Waals surface area (Å²) >= 11 is 0. The van der Waals surface area contributed by atoms with Crippen molar-refractivity contribution in [2.24, 2.45) is 11.8 Å². The molecule has 1 saturated carbocycles. The van der Waals surface area contributed by atoms with E-state index in [1.165, 1.54) is 29.5 Å². The Kier molecular flexibility index (Phi) is 9.57. The molecule has 0 unspecified atom stereocenters. The lowest BCUT2D eigenvalue weighted by atomic mass is 9.78. The molecule has 2 aliphatic carbocycles. The van der Waals surface area contributed by atoms with Crippen molar-refractivity contribution in [3.63, 3.8) is 0 Å². The number of carbonyl (C=O) groups is 1. The summed E-state index contributed by atoms with van der Waals surface area (Å²) < 4.78 is 0. The SMILES string of the molecule is CC[C@@H](Nc1nc2c(c(N[C@@H](CN3CCCC3)c3ccccc3)n1)C[C@@H](c1ccccc1)CC2)C1CCC(C(=O)O)CC1. The minimum atomic E-state index is -0.649. The molecule has 0 amide bonds. The molecule has 1 saturated heterocycles. The maximum Gasteiger partial charge on any atom is 0.306 e. The van der Waals surface area contributed by atoms with Crippen molar-refractivity contribution in [2.75, 3.05) is 30.3 Å². The Morgan fingerprint density at radius 3 is 2.30 bits per heavy atom. The van der Waals surface area contributed by atoms with E-state index in [2.05, 4.69) is 83.1 Å². The molecule has 1 aliphatic heterocycles. The van der Waals surface area contributed by atoms with E-state index in [9.17, 15) is 9.90 Å². The summed E-state index contributed by atoms with van der Waals surface area (Å²) in [7, 11) is 0. The molecule has 43 heavy (non-hydrogen) atoms. The zero-order chi connectivity index (χ0) is 29.6. The molecule has 3 N–H and O–H groups in total. The Balaban J connectivity index is 1.30. The largest absolute Gasteiger partial charge is 0.481 e. The summed E-state index contributed by atoms with van der Waals surface area (Å²) in [5.41, 5.74) is 5.09. The quantitative estimate of drug-likeness (QED) is 0.223. The highest BCUT2D eigenvalue weighted by molar-refractivity contribution is 5.70. The number of benzene rings is 2. The van der Waals surface area contributed by atoms with Gasteiger partial charge in [-0.15, -0.1) is 0 Å². The first-order valence-electron chi connectivity index (χ1n) is 16.5. The van der Waals surface area contributed by atoms with Crippen molar-refractivity contribution in [3.05, 3.63) is 83.0 Å². The van der Waals surface area contributed by atoms with Crippen LogP contribution in [-0.4, -0.2) is 51.6 Å². The zero-order valence-electron chi connectivity index (χ0n) is 25.5. The molecule has 0 bridgehead atoms. The number of hydrogen-bond acceptors (Lipinski definition) is 6. The summed E-state index contributed by atoms with van der Waals surface area (Å²) in [6, 6.07) is 22.1. The van der Waals surface area contributed by atoms with Crippen LogP contribution in [0.25, 0.3) is 0 Å². The van der Waals surface area contributed by atoms with Crippen LogP contribution in [0.1, 0.15) is 92.6 Å². The number of nitrogens with zero attached hydrogens (tertiary/aromatic N) is 3. The predicted molar refractivity (Wildman–Crippen MR) is 173 cm³/mol. The number of carboxylic acid groups (broad SMARTS) is 1. The maximum absolute atomic E-state index is 11.5. The summed E-state index contributed by atoms with van der Waals surface area (Å²) in [4.78, 5) is 24.5. The summed E-state index contributed by atoms with van der Waals surface area (Å²) in [5.74, 6) is 1.71. The molecule has 0 spiro atoms. The minimum Gasteiger partial charge on any atom is -0.481 e. The monoisotopic (exact) mass is 581 g/mol. The second-order valence-corrected chi connectivity index (χ2v) is 12.9. The third kappa shape index (κ3) is 7.20. The van der Waals surface area contributed by atoms with Gasteiger partial charge in [-0.25, -0.2) is 4.98 Å². The molecule has 3 aromatic rings. The smallest absolute Gasteiger partial charge is 0.306 e. The van der Waals surface area contributed by atoms with Crippen molar-refractivity contribution in [1.82, 2.24) is 14.9 Å². The normalized spacial score (nSPS) is 23.7. The Labute approximate surface area is 256 Å². The molecule has 2 fully saturated rings. The van der Waals surface area contributed by atoms with Gasteiger partial charge in [0.25, 0.3) is 0 Å². The Morgan fingerprint density at radius 2 is 1.63 bits per heavy atom. The van der Waals surface area contributed by atoms with Gasteiger partial charge in [-0.3, -0.25) is 4.79 Å². The zero-order valence-corrected chi connectivity index (χ0v) is 25.5. The van der Waals surface area contributed by atoms with E-state index >= 15 is 0 Å². The number of nitrogens with one attached hydrogen (secondary N) is 2. The van der Waals surface area contributed by atoms with Gasteiger partial charge in [0, 0.05) is 18.2 Å². The highest BCUT2D eigenvalue weighted by Crippen LogP contribution is 2.38. The lowest BCUT2D eigenvalue weighted by molar-refractivity contribution is -0.143. The molecule has 3 atom stereocenters. The van der Waals surface area contributed by atoms with Gasteiger partial charge in [-0.2, -0.15) is 4.98 Å². The lowest BCUT2D eigenvalue weighted by Gasteiger charge is -2.33. The fourth-order valence-corrected chi connectivity index (χ4v) is 7.60. The number of aliphatic carboxylic acids is 1. The lowest BCUT2D eigenvalue weighted by Crippen LogP contribution is -2.34. The third-order valence-electron chi connectivity index (χ3n) is 10.1. The average Bonchev–Trinajstić information content (AvgIpc) is 3.57. The van der Waals surface area contributed by atoms with Gasteiger partial charge < -0.3 is 20.6 Å². The summed E-state index contributed by atoms with van der Waals surface area (Å²) in [6.45, 7) is 5.47. The second kappa shape index (κ2) is 13.9. The van der Waals surface area contributed by atoms with Crippen LogP contribution < -0.4 is 10.6 Å². The van der Waals surface area contributed by atoms with Crippen LogP contribution in [0, 0.1) is 11.8 Å². The summed E-state index contributed by atoms with van der Waals surface area (Å²) in [5, 5.41) is 17.2. The fraction of sp³-hybridized carbons (Fsp3) is 0.528. The molecule has 3 aliphatic rings. The molecular formula is C36H47N5O2. The molecular weight excluding hydrogens is 534 g/mol. The van der Waals surface area contributed by atoms with Crippen molar-refractivity contribution in [1.29, 1.82) is 0 Å². The van der Waals surface area contributed by atoms with Crippen LogP contribution >= 0.6 is 0 Å². The van der Waals surface area contributed by atoms with Crippen molar-refractivity contribution in [2.45, 2.75) is 89.1 Å². The van der Waals surface area contributed by atoms with Gasteiger partial charge >= 0.3 is 5.97 Å². The Bertz CT molecular complexity index is 1340. The molecule has 7 heteroatoms. The van der Waals surface area contributed by atoms with Crippen LogP contribution in [0.2, 0.25) is 0 Å². The molecule has 2 heterocycles. The van der Waals surface area contributed by atoms with E-state index in [1.807, 2.05) is 0 Å². The van der Waals surface area contributed by atoms with Gasteiger partial charge in [-0.1, -0.05) is 67.6 Å². The van der Waals surface area contributed by atoms with Gasteiger partial charge in [0.2, 0.25) is 5.95 Å². The number of aromatic nitrogens is 2.